The summed E-state index contributed by atoms with van der Waals surface area (Å²) >= 11 is 2.95. The summed E-state index contributed by atoms with van der Waals surface area (Å²) in [6, 6.07) is 13.4. The Labute approximate surface area is 177 Å². The van der Waals surface area contributed by atoms with E-state index in [0.717, 1.165) is 10.7 Å². The van der Waals surface area contributed by atoms with Gasteiger partial charge in [0.1, 0.15) is 5.75 Å². The van der Waals surface area contributed by atoms with Crippen LogP contribution in [0.4, 0.5) is 5.69 Å². The molecule has 3 rings (SSSR count). The highest BCUT2D eigenvalue weighted by Gasteiger charge is 2.21. The van der Waals surface area contributed by atoms with Crippen LogP contribution in [-0.2, 0) is 11.3 Å². The van der Waals surface area contributed by atoms with Gasteiger partial charge >= 0.3 is 0 Å². The van der Waals surface area contributed by atoms with Crippen molar-refractivity contribution in [2.24, 2.45) is 0 Å². The highest BCUT2D eigenvalue weighted by atomic mass is 32.2. The van der Waals surface area contributed by atoms with Crippen molar-refractivity contribution < 1.29 is 9.53 Å². The van der Waals surface area contributed by atoms with Gasteiger partial charge in [-0.2, -0.15) is 5.26 Å². The van der Waals surface area contributed by atoms with Gasteiger partial charge in [-0.15, -0.1) is 21.5 Å². The average molecular weight is 428 g/mol. The maximum Gasteiger partial charge on any atom is 0.237 e. The summed E-state index contributed by atoms with van der Waals surface area (Å²) in [6.07, 6.45) is 0.238. The van der Waals surface area contributed by atoms with Crippen molar-refractivity contribution in [3.63, 3.8) is 0 Å². The predicted molar refractivity (Wildman–Crippen MR) is 115 cm³/mol. The second-order valence-electron chi connectivity index (χ2n) is 5.94. The molecule has 0 fully saturated rings. The summed E-state index contributed by atoms with van der Waals surface area (Å²) in [5.74, 6) is 1.48. The topological polar surface area (TPSA) is 84.0 Å². The number of methoxy groups -OCH3 is 1. The van der Waals surface area contributed by atoms with Crippen molar-refractivity contribution in [1.82, 2.24) is 14.8 Å². The van der Waals surface area contributed by atoms with Gasteiger partial charge in [0, 0.05) is 13.1 Å². The second-order valence-corrected chi connectivity index (χ2v) is 7.83. The van der Waals surface area contributed by atoms with Crippen LogP contribution in [0.5, 0.6) is 5.75 Å². The number of anilines is 1. The molecule has 1 aromatic carbocycles. The Morgan fingerprint density at radius 1 is 1.31 bits per heavy atom. The van der Waals surface area contributed by atoms with Crippen molar-refractivity contribution in [3.8, 4) is 22.5 Å². The summed E-state index contributed by atoms with van der Waals surface area (Å²) < 4.78 is 7.40. The lowest BCUT2D eigenvalue weighted by Crippen LogP contribution is -2.33. The molecular formula is C20H21N5O2S2. The number of carbonyl (C=O) groups is 1. The molecule has 0 bridgehead atoms. The number of nitrogens with zero attached hydrogens (tertiary/aromatic N) is 5. The molecule has 2 heterocycles. The normalized spacial score (nSPS) is 10.5. The first-order valence-electron chi connectivity index (χ1n) is 9.09. The number of hydrogen-bond donors (Lipinski definition) is 0. The van der Waals surface area contributed by atoms with E-state index in [0.29, 0.717) is 29.7 Å². The Hall–Kier alpha value is -2.83. The zero-order valence-electron chi connectivity index (χ0n) is 16.2. The van der Waals surface area contributed by atoms with Gasteiger partial charge in [-0.3, -0.25) is 4.79 Å². The van der Waals surface area contributed by atoms with Crippen LogP contribution in [0.15, 0.2) is 46.9 Å². The Balaban J connectivity index is 1.78. The van der Waals surface area contributed by atoms with E-state index in [-0.39, 0.29) is 18.1 Å². The molecule has 150 valence electrons. The largest absolute Gasteiger partial charge is 0.495 e. The maximum atomic E-state index is 13.0. The predicted octanol–water partition coefficient (Wildman–Crippen LogP) is 4.07. The van der Waals surface area contributed by atoms with Gasteiger partial charge in [0.25, 0.3) is 0 Å². The monoisotopic (exact) mass is 427 g/mol. The van der Waals surface area contributed by atoms with Crippen LogP contribution in [0.2, 0.25) is 0 Å². The lowest BCUT2D eigenvalue weighted by Gasteiger charge is -2.23. The summed E-state index contributed by atoms with van der Waals surface area (Å²) in [7, 11) is 1.57. The quantitative estimate of drug-likeness (QED) is 0.479. The van der Waals surface area contributed by atoms with Gasteiger partial charge in [-0.05, 0) is 30.5 Å². The van der Waals surface area contributed by atoms with Crippen LogP contribution in [0.25, 0.3) is 10.7 Å². The highest BCUT2D eigenvalue weighted by Crippen LogP contribution is 2.30. The van der Waals surface area contributed by atoms with E-state index in [9.17, 15) is 4.79 Å². The average Bonchev–Trinajstić information content (AvgIpc) is 3.42. The van der Waals surface area contributed by atoms with E-state index in [1.54, 1.807) is 29.4 Å². The molecule has 0 saturated heterocycles. The van der Waals surface area contributed by atoms with E-state index in [4.69, 9.17) is 10.00 Å². The molecule has 0 N–H and O–H groups in total. The van der Waals surface area contributed by atoms with Crippen molar-refractivity contribution >= 4 is 34.7 Å². The maximum absolute atomic E-state index is 13.0. The Bertz CT molecular complexity index is 995. The van der Waals surface area contributed by atoms with Crippen molar-refractivity contribution in [2.45, 2.75) is 25.0 Å². The summed E-state index contributed by atoms with van der Waals surface area (Å²) in [6.45, 7) is 3.04. The molecule has 0 spiro atoms. The molecule has 7 nitrogen and oxygen atoms in total. The number of thioether (sulfide) groups is 1. The van der Waals surface area contributed by atoms with Gasteiger partial charge in [0.15, 0.2) is 11.0 Å². The zero-order chi connectivity index (χ0) is 20.6. The number of rotatable bonds is 9. The van der Waals surface area contributed by atoms with Gasteiger partial charge in [-0.25, -0.2) is 0 Å². The van der Waals surface area contributed by atoms with E-state index >= 15 is 0 Å². The number of para-hydroxylation sites is 2. The molecular weight excluding hydrogens is 406 g/mol. The lowest BCUT2D eigenvalue weighted by atomic mass is 10.2. The Morgan fingerprint density at radius 2 is 2.14 bits per heavy atom. The number of ether oxygens (including phenoxy) is 1. The van der Waals surface area contributed by atoms with Gasteiger partial charge < -0.3 is 14.2 Å². The Kier molecular flexibility index (Phi) is 7.27. The number of benzene rings is 1. The van der Waals surface area contributed by atoms with Crippen LogP contribution in [0.1, 0.15) is 13.3 Å². The fourth-order valence-corrected chi connectivity index (χ4v) is 4.46. The third-order valence-electron chi connectivity index (χ3n) is 4.22. The van der Waals surface area contributed by atoms with Crippen LogP contribution in [0, 0.1) is 11.3 Å². The molecule has 0 saturated carbocycles. The van der Waals surface area contributed by atoms with E-state index in [1.165, 1.54) is 11.8 Å². The molecule has 29 heavy (non-hydrogen) atoms. The van der Waals surface area contributed by atoms with Crippen LogP contribution in [-0.4, -0.2) is 40.1 Å². The molecule has 0 aliphatic rings. The van der Waals surface area contributed by atoms with E-state index < -0.39 is 0 Å². The molecule has 0 radical (unpaired) electrons. The summed E-state index contributed by atoms with van der Waals surface area (Å²) in [5, 5.41) is 20.3. The third kappa shape index (κ3) is 4.78. The number of carbonyl (C=O) groups excluding carboxylic acids is 1. The first kappa shape index (κ1) is 20.9. The molecule has 0 unspecified atom stereocenters. The SMILES string of the molecule is CCn1c(SCC(=O)N(CCC#N)c2ccccc2OC)nnc1-c1cccs1. The number of aromatic nitrogens is 3. The van der Waals surface area contributed by atoms with E-state index in [2.05, 4.69) is 16.3 Å². The fourth-order valence-electron chi connectivity index (χ4n) is 2.87. The second kappa shape index (κ2) is 10.1. The molecule has 1 amide bonds. The number of amides is 1. The third-order valence-corrected chi connectivity index (χ3v) is 6.04. The van der Waals surface area contributed by atoms with Crippen molar-refractivity contribution in [1.29, 1.82) is 5.26 Å². The highest BCUT2D eigenvalue weighted by molar-refractivity contribution is 7.99. The minimum Gasteiger partial charge on any atom is -0.495 e. The summed E-state index contributed by atoms with van der Waals surface area (Å²) in [4.78, 5) is 15.7. The molecule has 0 aliphatic heterocycles. The van der Waals surface area contributed by atoms with Crippen LogP contribution in [0.3, 0.4) is 0 Å². The number of thiophene rings is 1. The molecule has 0 atom stereocenters. The fraction of sp³-hybridized carbons (Fsp3) is 0.300. The molecule has 9 heteroatoms. The zero-order valence-corrected chi connectivity index (χ0v) is 17.9. The minimum absolute atomic E-state index is 0.113. The number of hydrogen-bond acceptors (Lipinski definition) is 7. The van der Waals surface area contributed by atoms with Gasteiger partial charge in [0.05, 0.1) is 35.9 Å². The minimum atomic E-state index is -0.113. The van der Waals surface area contributed by atoms with Crippen molar-refractivity contribution in [3.05, 3.63) is 41.8 Å². The summed E-state index contributed by atoms with van der Waals surface area (Å²) in [5.41, 5.74) is 0.659. The molecule has 0 aliphatic carbocycles. The standard InChI is InChI=1S/C20H21N5O2S2/c1-3-24-19(17-10-6-13-28-17)22-23-20(24)29-14-18(26)25(12-7-11-21)15-8-4-5-9-16(15)27-2/h4-6,8-10,13H,3,7,12,14H2,1-2H3. The smallest absolute Gasteiger partial charge is 0.237 e. The Morgan fingerprint density at radius 3 is 2.83 bits per heavy atom. The van der Waals surface area contributed by atoms with Gasteiger partial charge in [0.2, 0.25) is 5.91 Å². The van der Waals surface area contributed by atoms with E-state index in [1.807, 2.05) is 47.2 Å². The van der Waals surface area contributed by atoms with Crippen LogP contribution < -0.4 is 9.64 Å². The first-order chi connectivity index (χ1) is 14.2. The molecule has 2 aromatic heterocycles. The number of nitriles is 1. The first-order valence-corrected chi connectivity index (χ1v) is 11.0. The lowest BCUT2D eigenvalue weighted by molar-refractivity contribution is -0.116. The van der Waals surface area contributed by atoms with Crippen LogP contribution >= 0.6 is 23.1 Å². The molecule has 3 aromatic rings. The van der Waals surface area contributed by atoms with Gasteiger partial charge in [-0.1, -0.05) is 30.0 Å². The van der Waals surface area contributed by atoms with Crippen molar-refractivity contribution in [2.75, 3.05) is 24.3 Å².